The van der Waals surface area contributed by atoms with Crippen LogP contribution in [-0.2, 0) is 5.41 Å². The average molecular weight is 746 g/mol. The Morgan fingerprint density at radius 1 is 0.351 bits per heavy atom. The van der Waals surface area contributed by atoms with Gasteiger partial charge in [-0.25, -0.2) is 9.97 Å². The summed E-state index contributed by atoms with van der Waals surface area (Å²) in [6.07, 6.45) is 0. The fraction of sp³-hybridized carbons (Fsp3) is 0.0377. The Morgan fingerprint density at radius 3 is 1.56 bits per heavy atom. The third-order valence-corrected chi connectivity index (χ3v) is 12.7. The number of nitrogens with zero attached hydrogens (tertiary/aromatic N) is 3. The van der Waals surface area contributed by atoms with Crippen LogP contribution in [0.15, 0.2) is 204 Å². The van der Waals surface area contributed by atoms with Crippen molar-refractivity contribution >= 4 is 11.8 Å². The van der Waals surface area contributed by atoms with Crippen LogP contribution in [0.2, 0.25) is 0 Å². The lowest BCUT2D eigenvalue weighted by Crippen LogP contribution is -2.32. The molecule has 9 aromatic rings. The molecule has 0 saturated heterocycles. The molecule has 1 spiro atoms. The molecule has 0 fully saturated rings. The minimum absolute atomic E-state index is 0.458. The Morgan fingerprint density at radius 2 is 0.877 bits per heavy atom. The summed E-state index contributed by atoms with van der Waals surface area (Å²) in [6, 6.07) is 69.6. The highest BCUT2D eigenvalue weighted by Gasteiger charge is 2.50. The van der Waals surface area contributed by atoms with Gasteiger partial charge in [0.05, 0.1) is 22.5 Å². The Kier molecular flexibility index (Phi) is 7.87. The molecule has 0 N–H and O–H groups in total. The van der Waals surface area contributed by atoms with Gasteiger partial charge in [0.1, 0.15) is 0 Å². The second-order valence-electron chi connectivity index (χ2n) is 14.8. The van der Waals surface area contributed by atoms with E-state index in [0.717, 1.165) is 56.2 Å². The molecule has 1 aliphatic carbocycles. The van der Waals surface area contributed by atoms with Crippen LogP contribution in [0.4, 0.5) is 0 Å². The topological polar surface area (TPSA) is 38.7 Å². The van der Waals surface area contributed by atoms with Crippen molar-refractivity contribution in [3.05, 3.63) is 222 Å². The van der Waals surface area contributed by atoms with Crippen molar-refractivity contribution in [2.75, 3.05) is 0 Å². The molecule has 3 heterocycles. The van der Waals surface area contributed by atoms with E-state index in [-0.39, 0.29) is 0 Å². The van der Waals surface area contributed by atoms with Gasteiger partial charge in [-0.15, -0.1) is 0 Å². The smallest absolute Gasteiger partial charge is 0.160 e. The summed E-state index contributed by atoms with van der Waals surface area (Å²) >= 11 is 1.86. The van der Waals surface area contributed by atoms with Crippen LogP contribution in [0, 0.1) is 6.92 Å². The Bertz CT molecular complexity index is 2950. The molecule has 4 heteroatoms. The van der Waals surface area contributed by atoms with Crippen molar-refractivity contribution in [2.24, 2.45) is 0 Å². The maximum absolute atomic E-state index is 5.28. The average Bonchev–Trinajstić information content (AvgIpc) is 3.57. The Balaban J connectivity index is 1.05. The number of benzene rings is 7. The predicted molar refractivity (Wildman–Crippen MR) is 233 cm³/mol. The number of hydrogen-bond acceptors (Lipinski definition) is 4. The van der Waals surface area contributed by atoms with Gasteiger partial charge in [0.15, 0.2) is 5.82 Å². The standard InChI is InChI=1S/C53H35N3S/c1-34-40(29-30-47(54-34)36-14-4-2-5-15-36)35-24-26-37(27-25-35)48-33-49(56-52(55-48)38-16-6-3-7-17-38)39-28-31-51-46(32-39)53(45-22-12-13-23-50(45)57-51)43-20-10-8-18-41(43)42-19-9-11-21-44(42)53/h2-33H,1H3. The molecule has 0 atom stereocenters. The third kappa shape index (κ3) is 5.40. The fourth-order valence-electron chi connectivity index (χ4n) is 8.93. The zero-order valence-electron chi connectivity index (χ0n) is 31.2. The van der Waals surface area contributed by atoms with Gasteiger partial charge >= 0.3 is 0 Å². The highest BCUT2D eigenvalue weighted by Crippen LogP contribution is 2.62. The molecule has 0 bridgehead atoms. The number of rotatable bonds is 5. The van der Waals surface area contributed by atoms with E-state index in [9.17, 15) is 0 Å². The van der Waals surface area contributed by atoms with E-state index >= 15 is 0 Å². The summed E-state index contributed by atoms with van der Waals surface area (Å²) in [5.74, 6) is 0.701. The van der Waals surface area contributed by atoms with Crippen LogP contribution in [0.3, 0.4) is 0 Å². The van der Waals surface area contributed by atoms with Crippen molar-refractivity contribution in [3.8, 4) is 67.4 Å². The molecule has 0 radical (unpaired) electrons. The number of aromatic nitrogens is 3. The van der Waals surface area contributed by atoms with Crippen LogP contribution < -0.4 is 0 Å². The zero-order valence-corrected chi connectivity index (χ0v) is 32.0. The maximum atomic E-state index is 5.28. The van der Waals surface area contributed by atoms with Crippen molar-refractivity contribution in [1.29, 1.82) is 0 Å². The lowest BCUT2D eigenvalue weighted by Gasteiger charge is -2.39. The molecule has 0 amide bonds. The second-order valence-corrected chi connectivity index (χ2v) is 15.8. The molecule has 57 heavy (non-hydrogen) atoms. The largest absolute Gasteiger partial charge is 0.252 e. The van der Waals surface area contributed by atoms with E-state index in [1.807, 2.05) is 36.0 Å². The SMILES string of the molecule is Cc1nc(-c2ccccc2)ccc1-c1ccc(-c2cc(-c3ccc4c(c3)C3(c5ccccc5S4)c4ccccc4-c4ccccc43)nc(-c3ccccc3)n2)cc1. The minimum atomic E-state index is -0.458. The van der Waals surface area contributed by atoms with Crippen LogP contribution in [0.5, 0.6) is 0 Å². The number of pyridine rings is 1. The zero-order chi connectivity index (χ0) is 37.9. The molecule has 3 nitrogen and oxygen atoms in total. The van der Waals surface area contributed by atoms with Gasteiger partial charge in [-0.3, -0.25) is 4.98 Å². The Labute approximate surface area is 336 Å². The maximum Gasteiger partial charge on any atom is 0.160 e. The van der Waals surface area contributed by atoms with Crippen LogP contribution >= 0.6 is 11.8 Å². The van der Waals surface area contributed by atoms with Gasteiger partial charge in [0, 0.05) is 43.3 Å². The summed E-state index contributed by atoms with van der Waals surface area (Å²) in [5.41, 5.74) is 17.6. The number of aryl methyl sites for hydroxylation is 1. The molecule has 2 aliphatic rings. The second kappa shape index (κ2) is 13.4. The summed E-state index contributed by atoms with van der Waals surface area (Å²) < 4.78 is 0. The van der Waals surface area contributed by atoms with Gasteiger partial charge in [-0.05, 0) is 76.2 Å². The first-order valence-corrected chi connectivity index (χ1v) is 20.2. The summed E-state index contributed by atoms with van der Waals surface area (Å²) in [5, 5.41) is 0. The van der Waals surface area contributed by atoms with Gasteiger partial charge in [0.25, 0.3) is 0 Å². The molecule has 0 unspecified atom stereocenters. The van der Waals surface area contributed by atoms with Gasteiger partial charge < -0.3 is 0 Å². The van der Waals surface area contributed by atoms with E-state index in [4.69, 9.17) is 15.0 Å². The van der Waals surface area contributed by atoms with Crippen LogP contribution in [0.25, 0.3) is 67.4 Å². The highest BCUT2D eigenvalue weighted by atomic mass is 32.2. The van der Waals surface area contributed by atoms with Crippen LogP contribution in [0.1, 0.15) is 27.9 Å². The molecule has 1 aliphatic heterocycles. The van der Waals surface area contributed by atoms with Crippen molar-refractivity contribution in [2.45, 2.75) is 22.1 Å². The molecular formula is C53H35N3S. The predicted octanol–water partition coefficient (Wildman–Crippen LogP) is 13.3. The number of hydrogen-bond donors (Lipinski definition) is 0. The molecule has 0 saturated carbocycles. The van der Waals surface area contributed by atoms with Crippen LogP contribution in [-0.4, -0.2) is 15.0 Å². The van der Waals surface area contributed by atoms with E-state index < -0.39 is 5.41 Å². The van der Waals surface area contributed by atoms with Gasteiger partial charge in [0.2, 0.25) is 0 Å². The van der Waals surface area contributed by atoms with Gasteiger partial charge in [-0.1, -0.05) is 176 Å². The molecule has 2 aromatic heterocycles. The van der Waals surface area contributed by atoms with E-state index in [1.54, 1.807) is 0 Å². The highest BCUT2D eigenvalue weighted by molar-refractivity contribution is 7.99. The van der Waals surface area contributed by atoms with Gasteiger partial charge in [-0.2, -0.15) is 0 Å². The Hall–Kier alpha value is -6.88. The third-order valence-electron chi connectivity index (χ3n) is 11.5. The summed E-state index contributed by atoms with van der Waals surface area (Å²) in [7, 11) is 0. The first-order chi connectivity index (χ1) is 28.1. The quantitative estimate of drug-likeness (QED) is 0.176. The summed E-state index contributed by atoms with van der Waals surface area (Å²) in [4.78, 5) is 18.0. The summed E-state index contributed by atoms with van der Waals surface area (Å²) in [6.45, 7) is 2.08. The van der Waals surface area contributed by atoms with E-state index in [2.05, 4.69) is 177 Å². The monoisotopic (exact) mass is 745 g/mol. The lowest BCUT2D eigenvalue weighted by atomic mass is 9.67. The minimum Gasteiger partial charge on any atom is -0.252 e. The lowest BCUT2D eigenvalue weighted by molar-refractivity contribution is 0.722. The number of fused-ring (bicyclic) bond motifs is 9. The van der Waals surface area contributed by atoms with E-state index in [1.165, 1.54) is 43.2 Å². The van der Waals surface area contributed by atoms with Crippen molar-refractivity contribution in [1.82, 2.24) is 15.0 Å². The van der Waals surface area contributed by atoms with E-state index in [0.29, 0.717) is 5.82 Å². The first kappa shape index (κ1) is 33.5. The van der Waals surface area contributed by atoms with Crippen molar-refractivity contribution < 1.29 is 0 Å². The molecule has 11 rings (SSSR count). The normalized spacial score (nSPS) is 13.1. The first-order valence-electron chi connectivity index (χ1n) is 19.4. The molecular weight excluding hydrogens is 711 g/mol. The molecule has 268 valence electrons. The fourth-order valence-corrected chi connectivity index (χ4v) is 10.1. The van der Waals surface area contributed by atoms with Crippen molar-refractivity contribution in [3.63, 3.8) is 0 Å². The molecule has 7 aromatic carbocycles.